The first-order valence-corrected chi connectivity index (χ1v) is 7.89. The lowest BCUT2D eigenvalue weighted by molar-refractivity contribution is -0.140. The number of methoxy groups -OCH3 is 1. The molecule has 2 N–H and O–H groups in total. The normalized spacial score (nSPS) is 11.6. The average Bonchev–Trinajstić information content (AvgIpc) is 3.00. The van der Waals surface area contributed by atoms with Gasteiger partial charge < -0.3 is 9.84 Å². The van der Waals surface area contributed by atoms with Gasteiger partial charge in [0.25, 0.3) is 0 Å². The van der Waals surface area contributed by atoms with E-state index in [0.29, 0.717) is 11.3 Å². The Balaban J connectivity index is 2.24. The van der Waals surface area contributed by atoms with E-state index in [9.17, 15) is 18.3 Å². The summed E-state index contributed by atoms with van der Waals surface area (Å²) in [5.41, 5.74) is -0.588. The van der Waals surface area contributed by atoms with E-state index in [0.717, 1.165) is 4.47 Å². The van der Waals surface area contributed by atoms with Crippen LogP contribution in [0.2, 0.25) is 0 Å². The summed E-state index contributed by atoms with van der Waals surface area (Å²) in [7, 11) is 1.43. The van der Waals surface area contributed by atoms with Crippen molar-refractivity contribution in [3.63, 3.8) is 0 Å². The third-order valence-corrected chi connectivity index (χ3v) is 4.17. The van der Waals surface area contributed by atoms with Crippen molar-refractivity contribution in [1.29, 1.82) is 0 Å². The van der Waals surface area contributed by atoms with Gasteiger partial charge >= 0.3 is 6.18 Å². The van der Waals surface area contributed by atoms with Gasteiger partial charge in [-0.2, -0.15) is 18.3 Å². The highest BCUT2D eigenvalue weighted by Crippen LogP contribution is 2.43. The number of nitrogens with zero attached hydrogens (tertiary/aromatic N) is 1. The molecular formula is C17H12BrF3N2O2. The Morgan fingerprint density at radius 3 is 2.36 bits per heavy atom. The minimum Gasteiger partial charge on any atom is -0.507 e. The van der Waals surface area contributed by atoms with Crippen LogP contribution in [0.3, 0.4) is 0 Å². The first-order valence-electron chi connectivity index (χ1n) is 7.10. The topological polar surface area (TPSA) is 58.1 Å². The molecule has 0 radical (unpaired) electrons. The molecule has 25 heavy (non-hydrogen) atoms. The fourth-order valence-corrected chi connectivity index (χ4v) is 2.74. The maximum absolute atomic E-state index is 13.4. The van der Waals surface area contributed by atoms with Crippen LogP contribution in [0.25, 0.3) is 22.4 Å². The van der Waals surface area contributed by atoms with E-state index in [1.807, 2.05) is 0 Å². The fraction of sp³-hybridized carbons (Fsp3) is 0.118. The third-order valence-electron chi connectivity index (χ3n) is 3.64. The van der Waals surface area contributed by atoms with E-state index in [4.69, 9.17) is 4.74 Å². The summed E-state index contributed by atoms with van der Waals surface area (Å²) < 4.78 is 45.9. The van der Waals surface area contributed by atoms with Crippen molar-refractivity contribution >= 4 is 15.9 Å². The molecule has 0 saturated carbocycles. The Kier molecular flexibility index (Phi) is 4.47. The van der Waals surface area contributed by atoms with Crippen molar-refractivity contribution in [1.82, 2.24) is 10.2 Å². The summed E-state index contributed by atoms with van der Waals surface area (Å²) in [4.78, 5) is 0. The van der Waals surface area contributed by atoms with Crippen LogP contribution in [-0.2, 0) is 6.18 Å². The van der Waals surface area contributed by atoms with Crippen LogP contribution in [-0.4, -0.2) is 22.4 Å². The molecule has 0 aliphatic rings. The molecular weight excluding hydrogens is 401 g/mol. The van der Waals surface area contributed by atoms with E-state index in [1.165, 1.54) is 19.2 Å². The van der Waals surface area contributed by atoms with Gasteiger partial charge in [0.15, 0.2) is 0 Å². The van der Waals surface area contributed by atoms with E-state index in [-0.39, 0.29) is 22.6 Å². The first kappa shape index (κ1) is 17.3. The van der Waals surface area contributed by atoms with Gasteiger partial charge in [0.2, 0.25) is 0 Å². The van der Waals surface area contributed by atoms with E-state index in [1.54, 1.807) is 30.3 Å². The van der Waals surface area contributed by atoms with E-state index >= 15 is 0 Å². The lowest BCUT2D eigenvalue weighted by atomic mass is 9.98. The monoisotopic (exact) mass is 412 g/mol. The maximum atomic E-state index is 13.4. The van der Waals surface area contributed by atoms with Crippen LogP contribution < -0.4 is 4.74 Å². The van der Waals surface area contributed by atoms with Crippen LogP contribution in [0.15, 0.2) is 46.9 Å². The molecule has 3 rings (SSSR count). The number of hydrogen-bond donors (Lipinski definition) is 2. The molecule has 0 bridgehead atoms. The predicted molar refractivity (Wildman–Crippen MR) is 90.4 cm³/mol. The lowest BCUT2D eigenvalue weighted by Crippen LogP contribution is -2.07. The van der Waals surface area contributed by atoms with Gasteiger partial charge in [-0.25, -0.2) is 0 Å². The molecule has 0 fully saturated rings. The average molecular weight is 413 g/mol. The SMILES string of the molecule is COc1ccc(-c2n[nH]c(C(F)(F)F)c2-c2ccc(Br)cc2)c(O)c1. The van der Waals surface area contributed by atoms with Crippen LogP contribution >= 0.6 is 15.9 Å². The molecule has 3 aromatic rings. The van der Waals surface area contributed by atoms with E-state index < -0.39 is 11.9 Å². The predicted octanol–water partition coefficient (Wildman–Crippen LogP) is 5.24. The Morgan fingerprint density at radius 1 is 1.12 bits per heavy atom. The van der Waals surface area contributed by atoms with Gasteiger partial charge in [-0.05, 0) is 29.8 Å². The number of benzene rings is 2. The van der Waals surface area contributed by atoms with Crippen LogP contribution in [0.4, 0.5) is 13.2 Å². The summed E-state index contributed by atoms with van der Waals surface area (Å²) in [6.45, 7) is 0. The molecule has 8 heteroatoms. The Labute approximate surface area is 149 Å². The van der Waals surface area contributed by atoms with Crippen molar-refractivity contribution in [2.24, 2.45) is 0 Å². The molecule has 0 amide bonds. The summed E-state index contributed by atoms with van der Waals surface area (Å²) in [6.07, 6.45) is -4.62. The third kappa shape index (κ3) is 3.34. The number of hydrogen-bond acceptors (Lipinski definition) is 3. The number of phenolic OH excluding ortho intramolecular Hbond substituents is 1. The fourth-order valence-electron chi connectivity index (χ4n) is 2.48. The molecule has 0 spiro atoms. The number of halogens is 4. The van der Waals surface area contributed by atoms with Gasteiger partial charge in [0.05, 0.1) is 7.11 Å². The minimum absolute atomic E-state index is 0.00907. The van der Waals surface area contributed by atoms with Crippen molar-refractivity contribution in [2.75, 3.05) is 7.11 Å². The molecule has 0 saturated heterocycles. The second-order valence-corrected chi connectivity index (χ2v) is 6.13. The first-order chi connectivity index (χ1) is 11.8. The number of H-pyrrole nitrogens is 1. The molecule has 130 valence electrons. The molecule has 0 atom stereocenters. The second kappa shape index (κ2) is 6.44. The number of rotatable bonds is 3. The van der Waals surface area contributed by atoms with Crippen molar-refractivity contribution in [3.05, 3.63) is 52.6 Å². The Hall–Kier alpha value is -2.48. The molecule has 4 nitrogen and oxygen atoms in total. The molecule has 1 heterocycles. The highest BCUT2D eigenvalue weighted by Gasteiger charge is 2.38. The molecule has 0 aliphatic heterocycles. The number of aromatic amines is 1. The highest BCUT2D eigenvalue weighted by molar-refractivity contribution is 9.10. The minimum atomic E-state index is -4.62. The van der Waals surface area contributed by atoms with Gasteiger partial charge in [-0.3, -0.25) is 5.10 Å². The van der Waals surface area contributed by atoms with E-state index in [2.05, 4.69) is 26.1 Å². The second-order valence-electron chi connectivity index (χ2n) is 5.21. The summed E-state index contributed by atoms with van der Waals surface area (Å²) in [6, 6.07) is 10.7. The number of nitrogens with one attached hydrogen (secondary N) is 1. The van der Waals surface area contributed by atoms with Gasteiger partial charge in [-0.1, -0.05) is 28.1 Å². The van der Waals surface area contributed by atoms with Crippen molar-refractivity contribution in [3.8, 4) is 33.9 Å². The van der Waals surface area contributed by atoms with Gasteiger partial charge in [-0.15, -0.1) is 0 Å². The number of aromatic nitrogens is 2. The van der Waals surface area contributed by atoms with Crippen LogP contribution in [0, 0.1) is 0 Å². The lowest BCUT2D eigenvalue weighted by Gasteiger charge is -2.11. The number of aromatic hydroxyl groups is 1. The zero-order valence-electron chi connectivity index (χ0n) is 12.9. The van der Waals surface area contributed by atoms with Crippen molar-refractivity contribution in [2.45, 2.75) is 6.18 Å². The summed E-state index contributed by atoms with van der Waals surface area (Å²) >= 11 is 3.26. The summed E-state index contributed by atoms with van der Waals surface area (Å²) in [5, 5.41) is 16.0. The number of alkyl halides is 3. The largest absolute Gasteiger partial charge is 0.507 e. The zero-order chi connectivity index (χ0) is 18.2. The molecule has 1 aromatic heterocycles. The molecule has 2 aromatic carbocycles. The Morgan fingerprint density at radius 2 is 1.80 bits per heavy atom. The molecule has 0 aliphatic carbocycles. The maximum Gasteiger partial charge on any atom is 0.433 e. The Bertz CT molecular complexity index is 905. The number of phenols is 1. The smallest absolute Gasteiger partial charge is 0.433 e. The zero-order valence-corrected chi connectivity index (χ0v) is 14.4. The van der Waals surface area contributed by atoms with Crippen molar-refractivity contribution < 1.29 is 23.0 Å². The summed E-state index contributed by atoms with van der Waals surface area (Å²) in [5.74, 6) is 0.163. The quantitative estimate of drug-likeness (QED) is 0.618. The van der Waals surface area contributed by atoms with Crippen LogP contribution in [0.1, 0.15) is 5.69 Å². The van der Waals surface area contributed by atoms with Gasteiger partial charge in [0, 0.05) is 21.7 Å². The standard InChI is InChI=1S/C17H12BrF3N2O2/c1-25-11-6-7-12(13(24)8-11)15-14(9-2-4-10(18)5-3-9)16(23-22-15)17(19,20)21/h2-8,24H,1H3,(H,22,23). The van der Waals surface area contributed by atoms with Gasteiger partial charge in [0.1, 0.15) is 22.9 Å². The highest BCUT2D eigenvalue weighted by atomic mass is 79.9. The van der Waals surface area contributed by atoms with Crippen LogP contribution in [0.5, 0.6) is 11.5 Å². The molecule has 0 unspecified atom stereocenters. The number of ether oxygens (including phenoxy) is 1.